The molecule has 4 radical (unpaired) electrons. The highest BCUT2D eigenvalue weighted by molar-refractivity contribution is 7.51. The van der Waals surface area contributed by atoms with Crippen LogP contribution in [0.2, 0.25) is 0 Å². The molecule has 0 unspecified atom stereocenters. The largest absolute Gasteiger partial charge is 0.325 e. The highest BCUT2D eigenvalue weighted by Gasteiger charge is 2.05. The predicted octanol–water partition coefficient (Wildman–Crippen LogP) is -0.197. The minimum absolute atomic E-state index is 0. The Bertz CT molecular complexity index is 77.0. The SMILES string of the molecule is CCP(=O)(O)O.[Si]. The van der Waals surface area contributed by atoms with Gasteiger partial charge in [-0.1, -0.05) is 6.92 Å². The summed E-state index contributed by atoms with van der Waals surface area (Å²) in [4.78, 5) is 15.9. The lowest BCUT2D eigenvalue weighted by atomic mass is 11.0. The molecule has 0 aliphatic rings. The summed E-state index contributed by atoms with van der Waals surface area (Å²) in [6, 6.07) is 0. The highest BCUT2D eigenvalue weighted by Crippen LogP contribution is 2.32. The molecule has 2 N–H and O–H groups in total. The Morgan fingerprint density at radius 3 is 1.71 bits per heavy atom. The third-order valence-electron chi connectivity index (χ3n) is 0.412. The predicted molar refractivity (Wildman–Crippen MR) is 28.3 cm³/mol. The van der Waals surface area contributed by atoms with Gasteiger partial charge in [-0.05, 0) is 0 Å². The summed E-state index contributed by atoms with van der Waals surface area (Å²) in [6.45, 7) is 1.45. The molecule has 0 heterocycles. The van der Waals surface area contributed by atoms with Crippen molar-refractivity contribution in [3.8, 4) is 0 Å². The summed E-state index contributed by atoms with van der Waals surface area (Å²) < 4.78 is 9.69. The second kappa shape index (κ2) is 3.38. The fourth-order valence-corrected chi connectivity index (χ4v) is 0. The zero-order valence-electron chi connectivity index (χ0n) is 3.96. The lowest BCUT2D eigenvalue weighted by Gasteiger charge is -1.92. The Kier molecular flexibility index (Phi) is 5.00. The van der Waals surface area contributed by atoms with E-state index < -0.39 is 7.60 Å². The van der Waals surface area contributed by atoms with Crippen LogP contribution in [0.1, 0.15) is 6.92 Å². The average Bonchev–Trinajstić information content (AvgIpc) is 1.35. The van der Waals surface area contributed by atoms with E-state index in [0.29, 0.717) is 0 Å². The molecule has 0 aliphatic carbocycles. The molecule has 0 bridgehead atoms. The Labute approximate surface area is 46.9 Å². The van der Waals surface area contributed by atoms with E-state index in [1.54, 1.807) is 0 Å². The van der Waals surface area contributed by atoms with Crippen molar-refractivity contribution in [3.63, 3.8) is 0 Å². The number of hydrogen-bond acceptors (Lipinski definition) is 1. The lowest BCUT2D eigenvalue weighted by Crippen LogP contribution is -1.76. The van der Waals surface area contributed by atoms with Crippen LogP contribution in [0.15, 0.2) is 0 Å². The van der Waals surface area contributed by atoms with Crippen LogP contribution in [0.5, 0.6) is 0 Å². The van der Waals surface area contributed by atoms with Gasteiger partial charge >= 0.3 is 7.60 Å². The van der Waals surface area contributed by atoms with Gasteiger partial charge in [0.05, 0.1) is 0 Å². The summed E-state index contributed by atoms with van der Waals surface area (Å²) in [7, 11) is -3.65. The molecule has 0 amide bonds. The molecular weight excluding hydrogens is 131 g/mol. The summed E-state index contributed by atoms with van der Waals surface area (Å²) >= 11 is 0. The molecule has 0 aromatic heterocycles. The fourth-order valence-electron chi connectivity index (χ4n) is 0. The van der Waals surface area contributed by atoms with Crippen molar-refractivity contribution in [2.45, 2.75) is 6.92 Å². The van der Waals surface area contributed by atoms with Crippen LogP contribution in [-0.2, 0) is 4.57 Å². The maximum atomic E-state index is 9.69. The molecule has 0 aromatic carbocycles. The molecule has 0 rings (SSSR count). The highest BCUT2D eigenvalue weighted by atomic mass is 31.2. The van der Waals surface area contributed by atoms with Crippen LogP contribution < -0.4 is 0 Å². The molecule has 0 saturated heterocycles. The van der Waals surface area contributed by atoms with Crippen molar-refractivity contribution in [2.24, 2.45) is 0 Å². The van der Waals surface area contributed by atoms with Gasteiger partial charge in [0.1, 0.15) is 0 Å². The first-order valence-electron chi connectivity index (χ1n) is 1.61. The molecule has 0 aromatic rings. The summed E-state index contributed by atoms with van der Waals surface area (Å²) in [5.41, 5.74) is 0. The van der Waals surface area contributed by atoms with E-state index in [0.717, 1.165) is 0 Å². The topological polar surface area (TPSA) is 57.5 Å². The molecule has 5 heteroatoms. The third-order valence-corrected chi connectivity index (χ3v) is 1.24. The normalized spacial score (nSPS) is 10.1. The second-order valence-corrected chi connectivity index (χ2v) is 2.94. The lowest BCUT2D eigenvalue weighted by molar-refractivity contribution is 0.375. The zero-order chi connectivity index (χ0) is 5.21. The number of hydrogen-bond donors (Lipinski definition) is 2. The minimum atomic E-state index is -3.65. The van der Waals surface area contributed by atoms with Gasteiger partial charge in [-0.25, -0.2) is 0 Å². The van der Waals surface area contributed by atoms with Gasteiger partial charge in [-0.15, -0.1) is 0 Å². The molecule has 0 fully saturated rings. The van der Waals surface area contributed by atoms with Crippen molar-refractivity contribution in [1.82, 2.24) is 0 Å². The van der Waals surface area contributed by atoms with Gasteiger partial charge in [0.2, 0.25) is 0 Å². The van der Waals surface area contributed by atoms with Crippen molar-refractivity contribution in [2.75, 3.05) is 6.16 Å². The first kappa shape index (κ1) is 10.4. The maximum absolute atomic E-state index is 9.69. The van der Waals surface area contributed by atoms with Crippen LogP contribution in [-0.4, -0.2) is 26.9 Å². The Morgan fingerprint density at radius 1 is 1.57 bits per heavy atom. The van der Waals surface area contributed by atoms with Crippen molar-refractivity contribution in [3.05, 3.63) is 0 Å². The molecule has 0 aliphatic heterocycles. The fraction of sp³-hybridized carbons (Fsp3) is 1.00. The minimum Gasteiger partial charge on any atom is -0.324 e. The average molecular weight is 138 g/mol. The summed E-state index contributed by atoms with van der Waals surface area (Å²) in [5, 5.41) is 0. The van der Waals surface area contributed by atoms with E-state index >= 15 is 0 Å². The standard InChI is InChI=1S/C2H7O3P.Si/c1-2-6(3,4)5;/h2H2,1H3,(H2,3,4,5);. The first-order chi connectivity index (χ1) is 2.56. The van der Waals surface area contributed by atoms with E-state index in [1.807, 2.05) is 0 Å². The Balaban J connectivity index is 0. The van der Waals surface area contributed by atoms with Crippen molar-refractivity contribution in [1.29, 1.82) is 0 Å². The molecule has 0 atom stereocenters. The summed E-state index contributed by atoms with van der Waals surface area (Å²) in [5.74, 6) is 0. The second-order valence-electron chi connectivity index (χ2n) is 0.981. The quantitative estimate of drug-likeness (QED) is 0.390. The van der Waals surface area contributed by atoms with E-state index in [4.69, 9.17) is 9.79 Å². The smallest absolute Gasteiger partial charge is 0.324 e. The molecule has 3 nitrogen and oxygen atoms in total. The van der Waals surface area contributed by atoms with Crippen LogP contribution in [0.4, 0.5) is 0 Å². The number of rotatable bonds is 1. The van der Waals surface area contributed by atoms with Gasteiger partial charge < -0.3 is 9.79 Å². The Hall–Kier alpha value is 0.367. The van der Waals surface area contributed by atoms with Crippen LogP contribution in [0.3, 0.4) is 0 Å². The Morgan fingerprint density at radius 2 is 1.71 bits per heavy atom. The monoisotopic (exact) mass is 138 g/mol. The molecule has 0 spiro atoms. The first-order valence-corrected chi connectivity index (χ1v) is 3.40. The van der Waals surface area contributed by atoms with Crippen molar-refractivity contribution < 1.29 is 14.4 Å². The van der Waals surface area contributed by atoms with Gasteiger partial charge in [0.15, 0.2) is 0 Å². The van der Waals surface area contributed by atoms with Crippen LogP contribution in [0.25, 0.3) is 0 Å². The van der Waals surface area contributed by atoms with Gasteiger partial charge in [-0.3, -0.25) is 4.57 Å². The third kappa shape index (κ3) is 10.7. The van der Waals surface area contributed by atoms with Crippen LogP contribution in [0, 0.1) is 0 Å². The van der Waals surface area contributed by atoms with Gasteiger partial charge in [-0.2, -0.15) is 0 Å². The van der Waals surface area contributed by atoms with E-state index in [2.05, 4.69) is 0 Å². The molecule has 7 heavy (non-hydrogen) atoms. The van der Waals surface area contributed by atoms with Crippen molar-refractivity contribution >= 4 is 18.6 Å². The molecule has 0 saturated carbocycles. The molecular formula is C2H7O3PSi. The van der Waals surface area contributed by atoms with E-state index in [-0.39, 0.29) is 17.1 Å². The maximum Gasteiger partial charge on any atom is 0.325 e. The van der Waals surface area contributed by atoms with Gasteiger partial charge in [0, 0.05) is 17.1 Å². The van der Waals surface area contributed by atoms with E-state index in [9.17, 15) is 4.57 Å². The van der Waals surface area contributed by atoms with E-state index in [1.165, 1.54) is 6.92 Å². The summed E-state index contributed by atoms with van der Waals surface area (Å²) in [6.07, 6.45) is -0.0625. The van der Waals surface area contributed by atoms with Crippen LogP contribution >= 0.6 is 7.60 Å². The zero-order valence-corrected chi connectivity index (χ0v) is 5.85. The molecule has 42 valence electrons. The van der Waals surface area contributed by atoms with Gasteiger partial charge in [0.25, 0.3) is 0 Å².